The summed E-state index contributed by atoms with van der Waals surface area (Å²) >= 11 is 0. The van der Waals surface area contributed by atoms with Gasteiger partial charge < -0.3 is 4.74 Å². The number of aromatic nitrogens is 2. The molecule has 0 atom stereocenters. The third-order valence-corrected chi connectivity index (χ3v) is 2.41. The van der Waals surface area contributed by atoms with E-state index in [1.54, 1.807) is 11.3 Å². The molecule has 0 radical (unpaired) electrons. The van der Waals surface area contributed by atoms with Gasteiger partial charge in [-0.05, 0) is 32.4 Å². The molecule has 0 unspecified atom stereocenters. The molecule has 0 aliphatic carbocycles. The quantitative estimate of drug-likeness (QED) is 0.725. The lowest BCUT2D eigenvalue weighted by Crippen LogP contribution is -2.09. The number of ether oxygens (including phenoxy) is 1. The fourth-order valence-corrected chi connectivity index (χ4v) is 1.71. The Morgan fingerprint density at radius 2 is 2.19 bits per heavy atom. The van der Waals surface area contributed by atoms with Gasteiger partial charge in [0.05, 0.1) is 12.3 Å². The van der Waals surface area contributed by atoms with Crippen molar-refractivity contribution < 1.29 is 9.53 Å². The van der Waals surface area contributed by atoms with E-state index in [4.69, 9.17) is 4.74 Å². The van der Waals surface area contributed by atoms with Crippen LogP contribution in [0.25, 0.3) is 5.65 Å². The predicted octanol–water partition coefficient (Wildman–Crippen LogP) is 2.13. The number of carbonyl (C=O) groups excluding carboxylic acids is 1. The normalized spacial score (nSPS) is 10.7. The first kappa shape index (κ1) is 10.7. The lowest BCUT2D eigenvalue weighted by atomic mass is 10.3. The zero-order valence-corrected chi connectivity index (χ0v) is 9.65. The van der Waals surface area contributed by atoms with Crippen molar-refractivity contribution in [2.75, 3.05) is 6.61 Å². The molecule has 0 amide bonds. The van der Waals surface area contributed by atoms with E-state index < -0.39 is 0 Å². The second kappa shape index (κ2) is 3.96. The van der Waals surface area contributed by atoms with Crippen molar-refractivity contribution in [2.45, 2.75) is 20.8 Å². The number of carbonyl (C=O) groups is 1. The number of esters is 1. The van der Waals surface area contributed by atoms with E-state index in [1.165, 1.54) is 0 Å². The molecule has 0 spiro atoms. The van der Waals surface area contributed by atoms with Gasteiger partial charge in [-0.3, -0.25) is 4.40 Å². The fourth-order valence-electron chi connectivity index (χ4n) is 1.71. The highest BCUT2D eigenvalue weighted by Gasteiger charge is 2.17. The van der Waals surface area contributed by atoms with Crippen LogP contribution in [-0.2, 0) is 4.74 Å². The number of hydrogen-bond donors (Lipinski definition) is 0. The van der Waals surface area contributed by atoms with Gasteiger partial charge in [-0.1, -0.05) is 6.07 Å². The lowest BCUT2D eigenvalue weighted by molar-refractivity contribution is 0.0517. The second-order valence-corrected chi connectivity index (χ2v) is 3.70. The number of hydrogen-bond acceptors (Lipinski definition) is 3. The number of fused-ring (bicyclic) bond motifs is 1. The van der Waals surface area contributed by atoms with Crippen LogP contribution in [0.2, 0.25) is 0 Å². The van der Waals surface area contributed by atoms with Gasteiger partial charge in [-0.2, -0.15) is 0 Å². The monoisotopic (exact) mass is 218 g/mol. The minimum atomic E-state index is -0.321. The summed E-state index contributed by atoms with van der Waals surface area (Å²) in [5.74, 6) is -0.321. The molecule has 0 saturated heterocycles. The molecule has 2 heterocycles. The minimum absolute atomic E-state index is 0.321. The van der Waals surface area contributed by atoms with Crippen molar-refractivity contribution in [3.63, 3.8) is 0 Å². The van der Waals surface area contributed by atoms with E-state index in [0.717, 1.165) is 11.2 Å². The molecule has 0 saturated carbocycles. The fraction of sp³-hybridized carbons (Fsp3) is 0.333. The topological polar surface area (TPSA) is 43.6 Å². The zero-order valence-electron chi connectivity index (χ0n) is 9.65. The molecule has 0 bridgehead atoms. The van der Waals surface area contributed by atoms with Crippen molar-refractivity contribution >= 4 is 11.6 Å². The van der Waals surface area contributed by atoms with Crippen LogP contribution in [0.4, 0.5) is 0 Å². The van der Waals surface area contributed by atoms with E-state index >= 15 is 0 Å². The van der Waals surface area contributed by atoms with Crippen molar-refractivity contribution in [1.82, 2.24) is 9.38 Å². The average molecular weight is 218 g/mol. The van der Waals surface area contributed by atoms with Crippen LogP contribution in [-0.4, -0.2) is 22.0 Å². The summed E-state index contributed by atoms with van der Waals surface area (Å²) in [6.45, 7) is 5.96. The Morgan fingerprint density at radius 1 is 1.44 bits per heavy atom. The van der Waals surface area contributed by atoms with Gasteiger partial charge in [0.15, 0.2) is 5.69 Å². The van der Waals surface area contributed by atoms with Gasteiger partial charge in [0.1, 0.15) is 5.65 Å². The van der Waals surface area contributed by atoms with Crippen molar-refractivity contribution in [2.24, 2.45) is 0 Å². The van der Waals surface area contributed by atoms with Crippen LogP contribution in [0, 0.1) is 13.8 Å². The molecule has 0 aliphatic rings. The third-order valence-electron chi connectivity index (χ3n) is 2.41. The Morgan fingerprint density at radius 3 is 2.88 bits per heavy atom. The Balaban J connectivity index is 2.62. The maximum atomic E-state index is 11.8. The van der Waals surface area contributed by atoms with Gasteiger partial charge in [-0.25, -0.2) is 9.78 Å². The van der Waals surface area contributed by atoms with E-state index in [2.05, 4.69) is 4.98 Å². The van der Waals surface area contributed by atoms with Crippen LogP contribution in [0.3, 0.4) is 0 Å². The summed E-state index contributed by atoms with van der Waals surface area (Å²) < 4.78 is 6.80. The van der Waals surface area contributed by atoms with Gasteiger partial charge >= 0.3 is 5.97 Å². The van der Waals surface area contributed by atoms with E-state index in [-0.39, 0.29) is 5.97 Å². The number of nitrogens with zero attached hydrogens (tertiary/aromatic N) is 2. The number of imidazole rings is 1. The zero-order chi connectivity index (χ0) is 11.7. The minimum Gasteiger partial charge on any atom is -0.461 e. The highest BCUT2D eigenvalue weighted by molar-refractivity contribution is 5.90. The molecule has 2 aromatic rings. The van der Waals surface area contributed by atoms with Crippen LogP contribution < -0.4 is 0 Å². The number of aryl methyl sites for hydroxylation is 2. The molecule has 2 aromatic heterocycles. The highest BCUT2D eigenvalue weighted by Crippen LogP contribution is 2.14. The maximum absolute atomic E-state index is 11.8. The smallest absolute Gasteiger partial charge is 0.357 e. The standard InChI is InChI=1S/C12H14N2O2/c1-4-16-12(15)11-9(3)13-10-6-5-8(2)7-14(10)11/h5-7H,4H2,1-3H3. The SMILES string of the molecule is CCOC(=O)c1c(C)nc2ccc(C)cn12. The van der Waals surface area contributed by atoms with Crippen molar-refractivity contribution in [1.29, 1.82) is 0 Å². The van der Waals surface area contributed by atoms with Crippen LogP contribution in [0.15, 0.2) is 18.3 Å². The van der Waals surface area contributed by atoms with Crippen LogP contribution in [0.1, 0.15) is 28.7 Å². The molecule has 0 fully saturated rings. The number of rotatable bonds is 2. The Hall–Kier alpha value is -1.84. The molecule has 0 aromatic carbocycles. The molecular formula is C12H14N2O2. The van der Waals surface area contributed by atoms with E-state index in [0.29, 0.717) is 18.0 Å². The average Bonchev–Trinajstić information content (AvgIpc) is 2.53. The van der Waals surface area contributed by atoms with E-state index in [1.807, 2.05) is 32.2 Å². The predicted molar refractivity (Wildman–Crippen MR) is 60.6 cm³/mol. The van der Waals surface area contributed by atoms with Crippen LogP contribution >= 0.6 is 0 Å². The first-order valence-corrected chi connectivity index (χ1v) is 5.26. The van der Waals surface area contributed by atoms with Crippen molar-refractivity contribution in [3.05, 3.63) is 35.3 Å². The van der Waals surface area contributed by atoms with Crippen LogP contribution in [0.5, 0.6) is 0 Å². The molecule has 0 N–H and O–H groups in total. The summed E-state index contributed by atoms with van der Waals surface area (Å²) in [7, 11) is 0. The van der Waals surface area contributed by atoms with Gasteiger partial charge in [0, 0.05) is 6.20 Å². The molecular weight excluding hydrogens is 204 g/mol. The van der Waals surface area contributed by atoms with E-state index in [9.17, 15) is 4.79 Å². The molecule has 16 heavy (non-hydrogen) atoms. The molecule has 4 heteroatoms. The summed E-state index contributed by atoms with van der Waals surface area (Å²) in [4.78, 5) is 16.1. The Kier molecular flexibility index (Phi) is 2.64. The first-order valence-electron chi connectivity index (χ1n) is 5.26. The van der Waals surface area contributed by atoms with Gasteiger partial charge in [0.2, 0.25) is 0 Å². The van der Waals surface area contributed by atoms with Gasteiger partial charge in [0.25, 0.3) is 0 Å². The summed E-state index contributed by atoms with van der Waals surface area (Å²) in [6.07, 6.45) is 1.89. The maximum Gasteiger partial charge on any atom is 0.357 e. The second-order valence-electron chi connectivity index (χ2n) is 3.70. The summed E-state index contributed by atoms with van der Waals surface area (Å²) in [5, 5.41) is 0. The first-order chi connectivity index (χ1) is 7.63. The third kappa shape index (κ3) is 1.66. The largest absolute Gasteiger partial charge is 0.461 e. The Bertz CT molecular complexity index is 543. The van der Waals surface area contributed by atoms with Crippen molar-refractivity contribution in [3.8, 4) is 0 Å². The Labute approximate surface area is 93.9 Å². The highest BCUT2D eigenvalue weighted by atomic mass is 16.5. The lowest BCUT2D eigenvalue weighted by Gasteiger charge is -2.03. The molecule has 84 valence electrons. The number of pyridine rings is 1. The molecule has 2 rings (SSSR count). The molecule has 4 nitrogen and oxygen atoms in total. The molecule has 0 aliphatic heterocycles. The summed E-state index contributed by atoms with van der Waals surface area (Å²) in [6, 6.07) is 3.86. The van der Waals surface area contributed by atoms with Gasteiger partial charge in [-0.15, -0.1) is 0 Å². The summed E-state index contributed by atoms with van der Waals surface area (Å²) in [5.41, 5.74) is 3.06.